The molecular formula is C98H76B2N4S2. The number of benzene rings is 15. The van der Waals surface area contributed by atoms with Gasteiger partial charge in [-0.2, -0.15) is 0 Å². The summed E-state index contributed by atoms with van der Waals surface area (Å²) in [6.45, 7) is 13.6. The predicted molar refractivity (Wildman–Crippen MR) is 455 cm³/mol. The highest BCUT2D eigenvalue weighted by Gasteiger charge is 2.48. The Bertz CT molecular complexity index is 5750. The zero-order chi connectivity index (χ0) is 71.4. The van der Waals surface area contributed by atoms with E-state index in [1.165, 1.54) is 69.0 Å². The van der Waals surface area contributed by atoms with E-state index in [1.807, 2.05) is 23.5 Å². The van der Waals surface area contributed by atoms with E-state index in [-0.39, 0.29) is 24.3 Å². The molecule has 0 aromatic heterocycles. The van der Waals surface area contributed by atoms with Crippen LogP contribution in [0.15, 0.2) is 371 Å². The van der Waals surface area contributed by atoms with Crippen LogP contribution in [-0.4, -0.2) is 13.4 Å². The molecule has 0 fully saturated rings. The molecule has 0 unspecified atom stereocenters. The van der Waals surface area contributed by atoms with E-state index in [2.05, 4.69) is 413 Å². The zero-order valence-electron chi connectivity index (χ0n) is 60.2. The maximum absolute atomic E-state index is 2.74. The number of rotatable bonds is 12. The van der Waals surface area contributed by atoms with Gasteiger partial charge in [-0.1, -0.05) is 331 Å². The molecule has 19 rings (SSSR count). The topological polar surface area (TPSA) is 13.0 Å². The molecule has 4 heterocycles. The summed E-state index contributed by atoms with van der Waals surface area (Å²) < 4.78 is 0. The molecule has 506 valence electrons. The third-order valence-corrected chi connectivity index (χ3v) is 24.1. The molecule has 4 aliphatic rings. The monoisotopic (exact) mass is 1390 g/mol. The van der Waals surface area contributed by atoms with E-state index < -0.39 is 0 Å². The molecular weight excluding hydrogens is 1320 g/mol. The zero-order valence-corrected chi connectivity index (χ0v) is 61.9. The Labute approximate surface area is 632 Å². The lowest BCUT2D eigenvalue weighted by atomic mass is 9.31. The number of hydrogen-bond donors (Lipinski definition) is 0. The van der Waals surface area contributed by atoms with Crippen molar-refractivity contribution in [3.63, 3.8) is 0 Å². The highest BCUT2D eigenvalue weighted by molar-refractivity contribution is 8.01. The third-order valence-electron chi connectivity index (χ3n) is 21.9. The molecule has 0 aliphatic carbocycles. The van der Waals surface area contributed by atoms with Crippen molar-refractivity contribution in [3.8, 4) is 44.5 Å². The average Bonchev–Trinajstić information content (AvgIpc) is 0.689. The molecule has 0 radical (unpaired) electrons. The smallest absolute Gasteiger partial charge is 0.252 e. The molecule has 0 saturated heterocycles. The molecule has 0 atom stereocenters. The van der Waals surface area contributed by atoms with Crippen LogP contribution in [0.5, 0.6) is 0 Å². The molecule has 15 aromatic carbocycles. The van der Waals surface area contributed by atoms with Crippen LogP contribution in [0.3, 0.4) is 0 Å². The molecule has 15 aromatic rings. The first-order valence-corrected chi connectivity index (χ1v) is 38.6. The summed E-state index contributed by atoms with van der Waals surface area (Å²) in [6.07, 6.45) is 0. The van der Waals surface area contributed by atoms with Crippen molar-refractivity contribution >= 4 is 138 Å². The van der Waals surface area contributed by atoms with Crippen molar-refractivity contribution < 1.29 is 0 Å². The van der Waals surface area contributed by atoms with Crippen molar-refractivity contribution in [1.29, 1.82) is 0 Å². The Morgan fingerprint density at radius 1 is 0.264 bits per heavy atom. The van der Waals surface area contributed by atoms with E-state index in [0.717, 1.165) is 107 Å². The Balaban J connectivity index is 0.941. The molecule has 8 heteroatoms. The summed E-state index contributed by atoms with van der Waals surface area (Å²) in [4.78, 5) is 15.4. The second-order valence-electron chi connectivity index (χ2n) is 30.4. The van der Waals surface area contributed by atoms with Crippen LogP contribution >= 0.6 is 23.5 Å². The van der Waals surface area contributed by atoms with Gasteiger partial charge in [0, 0.05) is 87.5 Å². The van der Waals surface area contributed by atoms with Gasteiger partial charge in [0.05, 0.1) is 17.1 Å². The number of fused-ring (bicyclic) bond motifs is 8. The SMILES string of the molecule is CC(C)(C)c1ccc(-c2cccc(-c3ccc(C(C)(C)C)cc3)c2N2c3cc4c(cc3B3c5ccccc5N(c5ccccc5)c5cc(N(c6ccc(-c7ccccc7)cc6)c6ccccc6-c6ccccc6)cc2c53)B2c3ccccc3Sc3cc(N(c5ccccc5)c5ccccc5)cc(c32)S4)cc1. The minimum atomic E-state index is -0.207. The molecule has 0 saturated carbocycles. The first kappa shape index (κ1) is 65.1. The second-order valence-corrected chi connectivity index (χ2v) is 32.5. The highest BCUT2D eigenvalue weighted by atomic mass is 32.2. The van der Waals surface area contributed by atoms with Crippen LogP contribution in [-0.2, 0) is 10.8 Å². The molecule has 4 aliphatic heterocycles. The lowest BCUT2D eigenvalue weighted by Crippen LogP contribution is -2.64. The van der Waals surface area contributed by atoms with Crippen LogP contribution in [0, 0.1) is 0 Å². The van der Waals surface area contributed by atoms with Crippen molar-refractivity contribution in [2.24, 2.45) is 0 Å². The predicted octanol–water partition coefficient (Wildman–Crippen LogP) is 23.4. The minimum absolute atomic E-state index is 0.0478. The van der Waals surface area contributed by atoms with Gasteiger partial charge in [-0.3, -0.25) is 0 Å². The molecule has 4 nitrogen and oxygen atoms in total. The quantitative estimate of drug-likeness (QED) is 0.112. The molecule has 0 N–H and O–H groups in total. The van der Waals surface area contributed by atoms with E-state index in [9.17, 15) is 0 Å². The van der Waals surface area contributed by atoms with Gasteiger partial charge in [-0.25, -0.2) is 0 Å². The Morgan fingerprint density at radius 3 is 1.31 bits per heavy atom. The van der Waals surface area contributed by atoms with E-state index in [4.69, 9.17) is 0 Å². The van der Waals surface area contributed by atoms with Crippen LogP contribution in [0.4, 0.5) is 68.2 Å². The summed E-state index contributed by atoms with van der Waals surface area (Å²) in [5, 5.41) is 0. The van der Waals surface area contributed by atoms with Crippen molar-refractivity contribution in [2.75, 3.05) is 19.6 Å². The molecule has 0 spiro atoms. The summed E-state index contributed by atoms with van der Waals surface area (Å²) in [6, 6.07) is 133. The summed E-state index contributed by atoms with van der Waals surface area (Å²) in [5.41, 5.74) is 32.7. The standard InChI is InChI=1S/C98H76B2N4S2/c1-97(2,3)70-53-47-68(48-54-70)79-40-28-41-80(69-49-55-71(56-50-69)98(4,5)6)96(79)104-87-64-91-84(100-82-43-24-27-46-90(82)105-92-61-77(62-93(106-91)95(92)100)101(72-33-16-9-17-34-72)73-35-18-10-19-36-73)63-83(87)99-81-42-23-26-45-86(81)103(74-37-20-11-21-38-74)88-59-76(60-89(104)94(88)99)102(75-57-51-66(52-58-75)65-29-12-7-13-30-65)85-44-25-22-39-78(85)67-31-14-8-15-32-67/h7-64H,1-6H3. The summed E-state index contributed by atoms with van der Waals surface area (Å²) in [7, 11) is 0. The maximum atomic E-state index is 2.74. The summed E-state index contributed by atoms with van der Waals surface area (Å²) in [5.74, 6) is 0. The van der Waals surface area contributed by atoms with Crippen LogP contribution in [0.2, 0.25) is 0 Å². The van der Waals surface area contributed by atoms with Crippen molar-refractivity contribution in [1.82, 2.24) is 0 Å². The lowest BCUT2D eigenvalue weighted by molar-refractivity contribution is 0.590. The van der Waals surface area contributed by atoms with Gasteiger partial charge in [-0.15, -0.1) is 0 Å². The van der Waals surface area contributed by atoms with Gasteiger partial charge >= 0.3 is 0 Å². The van der Waals surface area contributed by atoms with Crippen molar-refractivity contribution in [2.45, 2.75) is 72.0 Å². The number of anilines is 12. The summed E-state index contributed by atoms with van der Waals surface area (Å²) >= 11 is 3.85. The molecule has 0 bridgehead atoms. The second kappa shape index (κ2) is 26.2. The number of hydrogen-bond acceptors (Lipinski definition) is 6. The van der Waals surface area contributed by atoms with E-state index in [0.29, 0.717) is 0 Å². The van der Waals surface area contributed by atoms with Gasteiger partial charge in [0.25, 0.3) is 6.71 Å². The van der Waals surface area contributed by atoms with Crippen LogP contribution in [0.1, 0.15) is 52.7 Å². The number of para-hydroxylation sites is 6. The molecule has 106 heavy (non-hydrogen) atoms. The first-order chi connectivity index (χ1) is 51.9. The first-order valence-electron chi connectivity index (χ1n) is 36.9. The van der Waals surface area contributed by atoms with E-state index in [1.54, 1.807) is 0 Å². The Morgan fingerprint density at radius 2 is 0.708 bits per heavy atom. The van der Waals surface area contributed by atoms with Gasteiger partial charge in [0.2, 0.25) is 6.71 Å². The van der Waals surface area contributed by atoms with Gasteiger partial charge in [-0.05, 0) is 169 Å². The fraction of sp³-hybridized carbons (Fsp3) is 0.0816. The van der Waals surface area contributed by atoms with E-state index >= 15 is 0 Å². The highest BCUT2D eigenvalue weighted by Crippen LogP contribution is 2.55. The molecule has 0 amide bonds. The Kier molecular flexibility index (Phi) is 16.1. The third kappa shape index (κ3) is 11.3. The van der Waals surface area contributed by atoms with Gasteiger partial charge in [0.1, 0.15) is 0 Å². The van der Waals surface area contributed by atoms with Crippen LogP contribution in [0.25, 0.3) is 44.5 Å². The van der Waals surface area contributed by atoms with Crippen LogP contribution < -0.4 is 52.4 Å². The van der Waals surface area contributed by atoms with Gasteiger partial charge < -0.3 is 19.6 Å². The fourth-order valence-corrected chi connectivity index (χ4v) is 19.2. The fourth-order valence-electron chi connectivity index (χ4n) is 16.8. The largest absolute Gasteiger partial charge is 0.311 e. The maximum Gasteiger partial charge on any atom is 0.252 e. The van der Waals surface area contributed by atoms with Crippen molar-refractivity contribution in [3.05, 3.63) is 363 Å². The minimum Gasteiger partial charge on any atom is -0.311 e. The van der Waals surface area contributed by atoms with Gasteiger partial charge in [0.15, 0.2) is 0 Å². The lowest BCUT2D eigenvalue weighted by Gasteiger charge is -2.46. The Hall–Kier alpha value is -11.7. The average molecular weight is 1400 g/mol. The normalized spacial score (nSPS) is 13.0. The number of nitrogens with zero attached hydrogens (tertiary/aromatic N) is 4.